The Hall–Kier alpha value is -1.36. The molecule has 1 aromatic rings. The first kappa shape index (κ1) is 10.7. The number of carboxylic acid groups (broad SMARTS) is 2. The summed E-state index contributed by atoms with van der Waals surface area (Å²) in [7, 11) is 0. The molecule has 0 radical (unpaired) electrons. The van der Waals surface area contributed by atoms with Crippen LogP contribution in [0.1, 0.15) is 11.8 Å². The summed E-state index contributed by atoms with van der Waals surface area (Å²) in [5, 5.41) is 19.4. The molecular formula is C9H10O4S. The lowest BCUT2D eigenvalue weighted by atomic mass is 9.86. The Balaban J connectivity index is 2.91. The van der Waals surface area contributed by atoms with Crippen molar-refractivity contribution < 1.29 is 19.8 Å². The van der Waals surface area contributed by atoms with Crippen LogP contribution in [0, 0.1) is 5.41 Å². The predicted molar refractivity (Wildman–Crippen MR) is 51.4 cm³/mol. The summed E-state index contributed by atoms with van der Waals surface area (Å²) < 4.78 is 0. The van der Waals surface area contributed by atoms with E-state index in [9.17, 15) is 9.59 Å². The molecule has 0 fully saturated rings. The average molecular weight is 214 g/mol. The van der Waals surface area contributed by atoms with E-state index in [1.165, 1.54) is 18.3 Å². The van der Waals surface area contributed by atoms with Gasteiger partial charge in [0, 0.05) is 11.3 Å². The lowest BCUT2D eigenvalue weighted by Gasteiger charge is -2.18. The molecule has 0 unspecified atom stereocenters. The second kappa shape index (κ2) is 3.79. The minimum absolute atomic E-state index is 0.0231. The molecule has 0 amide bonds. The van der Waals surface area contributed by atoms with Crippen molar-refractivity contribution in [2.24, 2.45) is 5.41 Å². The Labute approximate surface area is 84.8 Å². The molecule has 0 spiro atoms. The normalized spacial score (nSPS) is 11.2. The third kappa shape index (κ3) is 1.93. The molecule has 0 aliphatic rings. The Morgan fingerprint density at radius 3 is 2.36 bits per heavy atom. The SMILES string of the molecule is CC(Cc1cccs1)(C(=O)O)C(=O)O. The molecular weight excluding hydrogens is 204 g/mol. The van der Waals surface area contributed by atoms with E-state index in [0.717, 1.165) is 4.88 Å². The molecule has 1 aromatic heterocycles. The zero-order chi connectivity index (χ0) is 10.8. The van der Waals surface area contributed by atoms with E-state index in [4.69, 9.17) is 10.2 Å². The fraction of sp³-hybridized carbons (Fsp3) is 0.333. The zero-order valence-corrected chi connectivity index (χ0v) is 8.37. The molecule has 0 bridgehead atoms. The Bertz CT molecular complexity index is 328. The Morgan fingerprint density at radius 2 is 2.00 bits per heavy atom. The molecule has 1 rings (SSSR count). The number of carbonyl (C=O) groups is 2. The van der Waals surface area contributed by atoms with Gasteiger partial charge in [-0.1, -0.05) is 6.07 Å². The van der Waals surface area contributed by atoms with Crippen molar-refractivity contribution in [2.75, 3.05) is 0 Å². The lowest BCUT2D eigenvalue weighted by molar-refractivity contribution is -0.163. The summed E-state index contributed by atoms with van der Waals surface area (Å²) in [5.41, 5.74) is -1.73. The summed E-state index contributed by atoms with van der Waals surface area (Å²) in [5.74, 6) is -2.61. The van der Waals surface area contributed by atoms with Gasteiger partial charge in [-0.05, 0) is 18.4 Å². The zero-order valence-electron chi connectivity index (χ0n) is 7.56. The van der Waals surface area contributed by atoms with Crippen molar-refractivity contribution in [2.45, 2.75) is 13.3 Å². The molecule has 2 N–H and O–H groups in total. The highest BCUT2D eigenvalue weighted by Gasteiger charge is 2.41. The van der Waals surface area contributed by atoms with Gasteiger partial charge in [-0.15, -0.1) is 11.3 Å². The van der Waals surface area contributed by atoms with Crippen LogP contribution in [0.4, 0.5) is 0 Å². The highest BCUT2D eigenvalue weighted by Crippen LogP contribution is 2.25. The van der Waals surface area contributed by atoms with Crippen molar-refractivity contribution in [3.05, 3.63) is 22.4 Å². The number of hydrogen-bond donors (Lipinski definition) is 2. The van der Waals surface area contributed by atoms with Crippen LogP contribution in [-0.4, -0.2) is 22.2 Å². The first-order chi connectivity index (χ1) is 6.47. The summed E-state index contributed by atoms with van der Waals surface area (Å²) in [6.45, 7) is 1.22. The van der Waals surface area contributed by atoms with Crippen molar-refractivity contribution >= 4 is 23.3 Å². The van der Waals surface area contributed by atoms with Crippen LogP contribution in [0.2, 0.25) is 0 Å². The van der Waals surface area contributed by atoms with Crippen LogP contribution < -0.4 is 0 Å². The first-order valence-electron chi connectivity index (χ1n) is 3.96. The quantitative estimate of drug-likeness (QED) is 0.744. The fourth-order valence-electron chi connectivity index (χ4n) is 1.00. The van der Waals surface area contributed by atoms with E-state index < -0.39 is 17.4 Å². The van der Waals surface area contributed by atoms with E-state index in [0.29, 0.717) is 0 Å². The monoisotopic (exact) mass is 214 g/mol. The van der Waals surface area contributed by atoms with E-state index in [1.54, 1.807) is 17.5 Å². The second-order valence-corrected chi connectivity index (χ2v) is 4.23. The lowest BCUT2D eigenvalue weighted by Crippen LogP contribution is -2.38. The molecule has 0 saturated heterocycles. The molecule has 4 nitrogen and oxygen atoms in total. The van der Waals surface area contributed by atoms with E-state index in [1.807, 2.05) is 0 Å². The minimum atomic E-state index is -1.73. The van der Waals surface area contributed by atoms with Crippen molar-refractivity contribution in [3.8, 4) is 0 Å². The van der Waals surface area contributed by atoms with Gasteiger partial charge in [-0.25, -0.2) is 0 Å². The van der Waals surface area contributed by atoms with Crippen LogP contribution in [0.15, 0.2) is 17.5 Å². The molecule has 1 heterocycles. The van der Waals surface area contributed by atoms with Crippen LogP contribution in [0.5, 0.6) is 0 Å². The van der Waals surface area contributed by atoms with Crippen LogP contribution in [0.3, 0.4) is 0 Å². The van der Waals surface area contributed by atoms with Gasteiger partial charge in [0.25, 0.3) is 0 Å². The highest BCUT2D eigenvalue weighted by molar-refractivity contribution is 7.09. The average Bonchev–Trinajstić information content (AvgIpc) is 2.55. The summed E-state index contributed by atoms with van der Waals surface area (Å²) >= 11 is 1.36. The molecule has 14 heavy (non-hydrogen) atoms. The standard InChI is InChI=1S/C9H10O4S/c1-9(7(10)11,8(12)13)5-6-3-2-4-14-6/h2-4H,5H2,1H3,(H,10,11)(H,12,13). The van der Waals surface area contributed by atoms with Crippen molar-refractivity contribution in [1.82, 2.24) is 0 Å². The largest absolute Gasteiger partial charge is 0.480 e. The van der Waals surface area contributed by atoms with Gasteiger partial charge in [-0.2, -0.15) is 0 Å². The number of carboxylic acids is 2. The number of hydrogen-bond acceptors (Lipinski definition) is 3. The molecule has 0 atom stereocenters. The summed E-state index contributed by atoms with van der Waals surface area (Å²) in [6.07, 6.45) is 0.0231. The van der Waals surface area contributed by atoms with E-state index in [2.05, 4.69) is 0 Å². The first-order valence-corrected chi connectivity index (χ1v) is 4.84. The summed E-state index contributed by atoms with van der Waals surface area (Å²) in [4.78, 5) is 22.4. The van der Waals surface area contributed by atoms with Crippen LogP contribution in [-0.2, 0) is 16.0 Å². The van der Waals surface area contributed by atoms with Gasteiger partial charge in [0.15, 0.2) is 5.41 Å². The molecule has 76 valence electrons. The van der Waals surface area contributed by atoms with Gasteiger partial charge in [0.05, 0.1) is 0 Å². The highest BCUT2D eigenvalue weighted by atomic mass is 32.1. The predicted octanol–water partition coefficient (Wildman–Crippen LogP) is 1.47. The van der Waals surface area contributed by atoms with Gasteiger partial charge >= 0.3 is 11.9 Å². The van der Waals surface area contributed by atoms with Gasteiger partial charge in [-0.3, -0.25) is 9.59 Å². The maximum Gasteiger partial charge on any atom is 0.321 e. The molecule has 0 aliphatic carbocycles. The van der Waals surface area contributed by atoms with Crippen LogP contribution >= 0.6 is 11.3 Å². The van der Waals surface area contributed by atoms with Gasteiger partial charge in [0.2, 0.25) is 0 Å². The number of aliphatic carboxylic acids is 2. The maximum absolute atomic E-state index is 10.8. The minimum Gasteiger partial charge on any atom is -0.480 e. The van der Waals surface area contributed by atoms with Gasteiger partial charge in [0.1, 0.15) is 0 Å². The van der Waals surface area contributed by atoms with Crippen molar-refractivity contribution in [3.63, 3.8) is 0 Å². The molecule has 0 saturated carbocycles. The third-order valence-corrected chi connectivity index (χ3v) is 2.93. The molecule has 5 heteroatoms. The third-order valence-electron chi connectivity index (χ3n) is 2.05. The second-order valence-electron chi connectivity index (χ2n) is 3.20. The fourth-order valence-corrected chi connectivity index (χ4v) is 1.87. The number of rotatable bonds is 4. The maximum atomic E-state index is 10.8. The van der Waals surface area contributed by atoms with Gasteiger partial charge < -0.3 is 10.2 Å². The van der Waals surface area contributed by atoms with E-state index in [-0.39, 0.29) is 6.42 Å². The number of thiophene rings is 1. The molecule has 0 aromatic carbocycles. The van der Waals surface area contributed by atoms with Crippen LogP contribution in [0.25, 0.3) is 0 Å². The van der Waals surface area contributed by atoms with Crippen molar-refractivity contribution in [1.29, 1.82) is 0 Å². The summed E-state index contributed by atoms with van der Waals surface area (Å²) in [6, 6.07) is 3.50. The Morgan fingerprint density at radius 1 is 1.43 bits per heavy atom. The smallest absolute Gasteiger partial charge is 0.321 e. The Kier molecular flexibility index (Phi) is 2.90. The topological polar surface area (TPSA) is 74.6 Å². The molecule has 0 aliphatic heterocycles. The van der Waals surface area contributed by atoms with E-state index >= 15 is 0 Å².